The SMILES string of the molecule is Cc1ccc(C(CN)N2CCC(C(N)=O)C2)o1. The van der Waals surface area contributed by atoms with Gasteiger partial charge < -0.3 is 15.9 Å². The maximum absolute atomic E-state index is 11.1. The van der Waals surface area contributed by atoms with E-state index in [1.807, 2.05) is 19.1 Å². The molecule has 4 N–H and O–H groups in total. The van der Waals surface area contributed by atoms with Crippen molar-refractivity contribution in [3.8, 4) is 0 Å². The molecule has 0 saturated carbocycles. The molecule has 1 fully saturated rings. The molecule has 94 valence electrons. The molecular formula is C12H19N3O2. The number of amides is 1. The number of primary amides is 1. The molecule has 1 aromatic heterocycles. The highest BCUT2D eigenvalue weighted by Gasteiger charge is 2.32. The minimum atomic E-state index is -0.223. The van der Waals surface area contributed by atoms with Crippen LogP contribution in [0.3, 0.4) is 0 Å². The molecule has 1 aromatic rings. The zero-order chi connectivity index (χ0) is 12.4. The zero-order valence-electron chi connectivity index (χ0n) is 10.1. The van der Waals surface area contributed by atoms with Gasteiger partial charge in [0.15, 0.2) is 0 Å². The van der Waals surface area contributed by atoms with E-state index in [0.29, 0.717) is 13.1 Å². The van der Waals surface area contributed by atoms with E-state index in [1.54, 1.807) is 0 Å². The molecule has 0 bridgehead atoms. The minimum Gasteiger partial charge on any atom is -0.465 e. The van der Waals surface area contributed by atoms with Crippen LogP contribution in [-0.4, -0.2) is 30.4 Å². The van der Waals surface area contributed by atoms with Gasteiger partial charge in [0.05, 0.1) is 12.0 Å². The van der Waals surface area contributed by atoms with Gasteiger partial charge in [-0.1, -0.05) is 0 Å². The Morgan fingerprint density at radius 3 is 2.88 bits per heavy atom. The first-order valence-electron chi connectivity index (χ1n) is 5.91. The van der Waals surface area contributed by atoms with Crippen LogP contribution in [0, 0.1) is 12.8 Å². The lowest BCUT2D eigenvalue weighted by Crippen LogP contribution is -2.33. The van der Waals surface area contributed by atoms with E-state index in [9.17, 15) is 4.79 Å². The Bertz CT molecular complexity index is 402. The number of likely N-dealkylation sites (tertiary alicyclic amines) is 1. The topological polar surface area (TPSA) is 85.5 Å². The number of nitrogens with two attached hydrogens (primary N) is 2. The van der Waals surface area contributed by atoms with Gasteiger partial charge in [-0.15, -0.1) is 0 Å². The van der Waals surface area contributed by atoms with Crippen molar-refractivity contribution in [2.45, 2.75) is 19.4 Å². The highest BCUT2D eigenvalue weighted by Crippen LogP contribution is 2.27. The zero-order valence-corrected chi connectivity index (χ0v) is 10.1. The Kier molecular flexibility index (Phi) is 3.49. The molecule has 2 unspecified atom stereocenters. The molecule has 0 spiro atoms. The van der Waals surface area contributed by atoms with Crippen molar-refractivity contribution in [2.75, 3.05) is 19.6 Å². The molecule has 17 heavy (non-hydrogen) atoms. The largest absolute Gasteiger partial charge is 0.465 e. The number of carbonyl (C=O) groups excluding carboxylic acids is 1. The van der Waals surface area contributed by atoms with Crippen molar-refractivity contribution in [1.82, 2.24) is 4.90 Å². The van der Waals surface area contributed by atoms with Crippen LogP contribution >= 0.6 is 0 Å². The second-order valence-corrected chi connectivity index (χ2v) is 4.58. The van der Waals surface area contributed by atoms with Crippen LogP contribution in [0.5, 0.6) is 0 Å². The second-order valence-electron chi connectivity index (χ2n) is 4.58. The summed E-state index contributed by atoms with van der Waals surface area (Å²) in [7, 11) is 0. The average Bonchev–Trinajstić information content (AvgIpc) is 2.89. The van der Waals surface area contributed by atoms with Gasteiger partial charge in [-0.25, -0.2) is 0 Å². The summed E-state index contributed by atoms with van der Waals surface area (Å²) in [5.41, 5.74) is 11.1. The van der Waals surface area contributed by atoms with Crippen molar-refractivity contribution in [2.24, 2.45) is 17.4 Å². The van der Waals surface area contributed by atoms with Gasteiger partial charge in [0, 0.05) is 13.1 Å². The standard InChI is InChI=1S/C12H19N3O2/c1-8-2-3-11(17-8)10(6-13)15-5-4-9(7-15)12(14)16/h2-3,9-10H,4-7,13H2,1H3,(H2,14,16). The summed E-state index contributed by atoms with van der Waals surface area (Å²) >= 11 is 0. The van der Waals surface area contributed by atoms with E-state index in [4.69, 9.17) is 15.9 Å². The molecule has 2 heterocycles. The Morgan fingerprint density at radius 1 is 1.65 bits per heavy atom. The van der Waals surface area contributed by atoms with Gasteiger partial charge in [-0.2, -0.15) is 0 Å². The molecule has 5 nitrogen and oxygen atoms in total. The summed E-state index contributed by atoms with van der Waals surface area (Å²) in [6, 6.07) is 3.93. The number of hydrogen-bond donors (Lipinski definition) is 2. The predicted molar refractivity (Wildman–Crippen MR) is 64.1 cm³/mol. The van der Waals surface area contributed by atoms with Crippen LogP contribution in [0.4, 0.5) is 0 Å². The fourth-order valence-corrected chi connectivity index (χ4v) is 2.38. The first-order chi connectivity index (χ1) is 8.11. The molecule has 0 aliphatic carbocycles. The first kappa shape index (κ1) is 12.1. The summed E-state index contributed by atoms with van der Waals surface area (Å²) in [6.07, 6.45) is 0.811. The summed E-state index contributed by atoms with van der Waals surface area (Å²) in [6.45, 7) is 3.91. The smallest absolute Gasteiger partial charge is 0.221 e. The summed E-state index contributed by atoms with van der Waals surface area (Å²) in [4.78, 5) is 13.3. The Morgan fingerprint density at radius 2 is 2.41 bits per heavy atom. The lowest BCUT2D eigenvalue weighted by atomic mass is 10.1. The van der Waals surface area contributed by atoms with Gasteiger partial charge in [0.25, 0.3) is 0 Å². The molecule has 5 heteroatoms. The van der Waals surface area contributed by atoms with Crippen molar-refractivity contribution >= 4 is 5.91 Å². The van der Waals surface area contributed by atoms with Gasteiger partial charge >= 0.3 is 0 Å². The fourth-order valence-electron chi connectivity index (χ4n) is 2.38. The van der Waals surface area contributed by atoms with Crippen LogP contribution < -0.4 is 11.5 Å². The molecular weight excluding hydrogens is 218 g/mol. The summed E-state index contributed by atoms with van der Waals surface area (Å²) in [5, 5.41) is 0. The quantitative estimate of drug-likeness (QED) is 0.793. The number of hydrogen-bond acceptors (Lipinski definition) is 4. The number of furan rings is 1. The summed E-state index contributed by atoms with van der Waals surface area (Å²) < 4.78 is 5.61. The van der Waals surface area contributed by atoms with Crippen molar-refractivity contribution < 1.29 is 9.21 Å². The van der Waals surface area contributed by atoms with Crippen LogP contribution in [-0.2, 0) is 4.79 Å². The average molecular weight is 237 g/mol. The van der Waals surface area contributed by atoms with Crippen LogP contribution in [0.2, 0.25) is 0 Å². The Labute approximate surface area is 101 Å². The van der Waals surface area contributed by atoms with E-state index in [2.05, 4.69) is 4.90 Å². The number of rotatable bonds is 4. The molecule has 1 saturated heterocycles. The van der Waals surface area contributed by atoms with E-state index < -0.39 is 0 Å². The van der Waals surface area contributed by atoms with Crippen LogP contribution in [0.25, 0.3) is 0 Å². The molecule has 0 aromatic carbocycles. The Hall–Kier alpha value is -1.33. The van der Waals surface area contributed by atoms with Crippen LogP contribution in [0.15, 0.2) is 16.5 Å². The monoisotopic (exact) mass is 237 g/mol. The van der Waals surface area contributed by atoms with Gasteiger partial charge in [0.2, 0.25) is 5.91 Å². The summed E-state index contributed by atoms with van der Waals surface area (Å²) in [5.74, 6) is 1.47. The Balaban J connectivity index is 2.08. The fraction of sp³-hybridized carbons (Fsp3) is 0.583. The van der Waals surface area contributed by atoms with Gasteiger partial charge in [0.1, 0.15) is 11.5 Å². The lowest BCUT2D eigenvalue weighted by Gasteiger charge is -2.24. The third kappa shape index (κ3) is 2.50. The van der Waals surface area contributed by atoms with Crippen molar-refractivity contribution in [3.05, 3.63) is 23.7 Å². The predicted octanol–water partition coefficient (Wildman–Crippen LogP) is 0.395. The molecule has 2 rings (SSSR count). The third-order valence-corrected chi connectivity index (χ3v) is 3.38. The van der Waals surface area contributed by atoms with Gasteiger partial charge in [-0.05, 0) is 32.0 Å². The highest BCUT2D eigenvalue weighted by molar-refractivity contribution is 5.77. The van der Waals surface area contributed by atoms with E-state index in [0.717, 1.165) is 24.5 Å². The van der Waals surface area contributed by atoms with E-state index >= 15 is 0 Å². The second kappa shape index (κ2) is 4.89. The van der Waals surface area contributed by atoms with Crippen LogP contribution in [0.1, 0.15) is 24.0 Å². The van der Waals surface area contributed by atoms with Crippen molar-refractivity contribution in [1.29, 1.82) is 0 Å². The maximum Gasteiger partial charge on any atom is 0.221 e. The number of nitrogens with zero attached hydrogens (tertiary/aromatic N) is 1. The lowest BCUT2D eigenvalue weighted by molar-refractivity contribution is -0.121. The molecule has 1 aliphatic rings. The third-order valence-electron chi connectivity index (χ3n) is 3.38. The maximum atomic E-state index is 11.1. The van der Waals surface area contributed by atoms with E-state index in [-0.39, 0.29) is 17.9 Å². The molecule has 1 amide bonds. The number of aryl methyl sites for hydroxylation is 1. The normalized spacial score (nSPS) is 22.8. The highest BCUT2D eigenvalue weighted by atomic mass is 16.3. The first-order valence-corrected chi connectivity index (χ1v) is 5.91. The minimum absolute atomic E-state index is 0.0491. The van der Waals surface area contributed by atoms with Gasteiger partial charge in [-0.3, -0.25) is 9.69 Å². The van der Waals surface area contributed by atoms with E-state index in [1.165, 1.54) is 0 Å². The van der Waals surface area contributed by atoms with Crippen molar-refractivity contribution in [3.63, 3.8) is 0 Å². The number of carbonyl (C=O) groups is 1. The molecule has 1 aliphatic heterocycles. The molecule has 0 radical (unpaired) electrons. The molecule has 2 atom stereocenters.